The first-order valence-electron chi connectivity index (χ1n) is 9.74. The number of benzene rings is 1. The Morgan fingerprint density at radius 1 is 1.29 bits per heavy atom. The van der Waals surface area contributed by atoms with E-state index in [0.717, 1.165) is 12.0 Å². The minimum absolute atomic E-state index is 0.000243. The zero-order chi connectivity index (χ0) is 20.1. The zero-order valence-corrected chi connectivity index (χ0v) is 16.9. The number of ether oxygens (including phenoxy) is 2. The van der Waals surface area contributed by atoms with Crippen molar-refractivity contribution in [2.24, 2.45) is 11.1 Å². The van der Waals surface area contributed by atoms with E-state index in [1.54, 1.807) is 30.6 Å². The summed E-state index contributed by atoms with van der Waals surface area (Å²) in [6, 6.07) is 9.30. The predicted molar refractivity (Wildman–Crippen MR) is 108 cm³/mol. The maximum absolute atomic E-state index is 13.0. The Bertz CT molecular complexity index is 808. The van der Waals surface area contributed by atoms with Gasteiger partial charge < -0.3 is 20.1 Å². The van der Waals surface area contributed by atoms with Gasteiger partial charge in [0.25, 0.3) is 5.91 Å². The van der Waals surface area contributed by atoms with Gasteiger partial charge in [-0.15, -0.1) is 0 Å². The second-order valence-corrected chi connectivity index (χ2v) is 7.85. The molecule has 1 saturated heterocycles. The molecule has 6 nitrogen and oxygen atoms in total. The van der Waals surface area contributed by atoms with Crippen LogP contribution in [0.25, 0.3) is 0 Å². The molecule has 1 unspecified atom stereocenters. The molecule has 0 bridgehead atoms. The first-order chi connectivity index (χ1) is 13.4. The second kappa shape index (κ2) is 8.61. The summed E-state index contributed by atoms with van der Waals surface area (Å²) in [5.74, 6) is 1.19. The van der Waals surface area contributed by atoms with Crippen LogP contribution in [0.4, 0.5) is 0 Å². The number of pyridine rings is 1. The van der Waals surface area contributed by atoms with Gasteiger partial charge in [-0.25, -0.2) is 0 Å². The van der Waals surface area contributed by atoms with Crippen LogP contribution in [-0.2, 0) is 6.61 Å². The highest BCUT2D eigenvalue weighted by molar-refractivity contribution is 5.95. The maximum atomic E-state index is 13.0. The standard InChI is InChI=1S/C22H29N3O3/c1-4-27-19-12-17(21(26)25-11-9-20(23)22(2,3)15-25)7-8-18(19)28-14-16-6-5-10-24-13-16/h5-8,10,12-13,20H,4,9,11,14-15,23H2,1-3H3. The quantitative estimate of drug-likeness (QED) is 0.828. The van der Waals surface area contributed by atoms with Gasteiger partial charge in [0.1, 0.15) is 6.61 Å². The Balaban J connectivity index is 1.75. The van der Waals surface area contributed by atoms with Crippen molar-refractivity contribution in [1.29, 1.82) is 0 Å². The fraction of sp³-hybridized carbons (Fsp3) is 0.455. The lowest BCUT2D eigenvalue weighted by Crippen LogP contribution is -2.54. The molecular formula is C22H29N3O3. The van der Waals surface area contributed by atoms with E-state index < -0.39 is 0 Å². The molecule has 1 fully saturated rings. The van der Waals surface area contributed by atoms with Gasteiger partial charge in [-0.1, -0.05) is 19.9 Å². The van der Waals surface area contributed by atoms with E-state index in [4.69, 9.17) is 15.2 Å². The molecule has 0 aliphatic carbocycles. The number of hydrogen-bond donors (Lipinski definition) is 1. The van der Waals surface area contributed by atoms with Gasteiger partial charge >= 0.3 is 0 Å². The molecule has 0 radical (unpaired) electrons. The first-order valence-corrected chi connectivity index (χ1v) is 9.74. The Hall–Kier alpha value is -2.60. The molecule has 1 aromatic heterocycles. The SMILES string of the molecule is CCOc1cc(C(=O)N2CCC(N)C(C)(C)C2)ccc1OCc1cccnc1. The van der Waals surface area contributed by atoms with Crippen molar-refractivity contribution in [3.05, 3.63) is 53.9 Å². The number of hydrogen-bond acceptors (Lipinski definition) is 5. The van der Waals surface area contributed by atoms with E-state index in [-0.39, 0.29) is 17.4 Å². The third-order valence-corrected chi connectivity index (χ3v) is 5.21. The van der Waals surface area contributed by atoms with Crippen LogP contribution in [0.3, 0.4) is 0 Å². The summed E-state index contributed by atoms with van der Waals surface area (Å²) < 4.78 is 11.6. The molecule has 2 N–H and O–H groups in total. The predicted octanol–water partition coefficient (Wildman–Crippen LogP) is 3.26. The molecule has 1 aliphatic rings. The van der Waals surface area contributed by atoms with Crippen LogP contribution in [0, 0.1) is 5.41 Å². The molecule has 2 heterocycles. The number of amides is 1. The van der Waals surface area contributed by atoms with Gasteiger partial charge in [-0.05, 0) is 43.0 Å². The van der Waals surface area contributed by atoms with Crippen molar-refractivity contribution in [2.75, 3.05) is 19.7 Å². The van der Waals surface area contributed by atoms with Crippen molar-refractivity contribution in [2.45, 2.75) is 39.8 Å². The Morgan fingerprint density at radius 3 is 2.79 bits per heavy atom. The van der Waals surface area contributed by atoms with Gasteiger partial charge in [0, 0.05) is 42.7 Å². The molecule has 0 saturated carbocycles. The molecule has 1 aliphatic heterocycles. The second-order valence-electron chi connectivity index (χ2n) is 7.85. The lowest BCUT2D eigenvalue weighted by Gasteiger charge is -2.42. The monoisotopic (exact) mass is 383 g/mol. The molecule has 1 atom stereocenters. The van der Waals surface area contributed by atoms with Gasteiger partial charge in [-0.3, -0.25) is 9.78 Å². The number of likely N-dealkylation sites (tertiary alicyclic amines) is 1. The van der Waals surface area contributed by atoms with Crippen LogP contribution in [0.1, 0.15) is 43.1 Å². The number of nitrogens with zero attached hydrogens (tertiary/aromatic N) is 2. The third kappa shape index (κ3) is 4.62. The van der Waals surface area contributed by atoms with E-state index >= 15 is 0 Å². The Kier molecular flexibility index (Phi) is 6.19. The van der Waals surface area contributed by atoms with Crippen molar-refractivity contribution < 1.29 is 14.3 Å². The average Bonchev–Trinajstić information content (AvgIpc) is 2.69. The first kappa shape index (κ1) is 20.1. The molecule has 0 spiro atoms. The van der Waals surface area contributed by atoms with E-state index in [1.807, 2.05) is 24.0 Å². The fourth-order valence-corrected chi connectivity index (χ4v) is 3.40. The fourth-order valence-electron chi connectivity index (χ4n) is 3.40. The average molecular weight is 383 g/mol. The summed E-state index contributed by atoms with van der Waals surface area (Å²) in [6.45, 7) is 8.33. The summed E-state index contributed by atoms with van der Waals surface area (Å²) in [4.78, 5) is 19.0. The molecule has 3 rings (SSSR count). The summed E-state index contributed by atoms with van der Waals surface area (Å²) >= 11 is 0. The van der Waals surface area contributed by atoms with Crippen molar-refractivity contribution in [3.8, 4) is 11.5 Å². The normalized spacial score (nSPS) is 18.6. The number of rotatable bonds is 6. The Labute approximate surface area is 166 Å². The van der Waals surface area contributed by atoms with Crippen LogP contribution >= 0.6 is 0 Å². The number of aromatic nitrogens is 1. The molecule has 28 heavy (non-hydrogen) atoms. The lowest BCUT2D eigenvalue weighted by atomic mass is 9.79. The molecule has 6 heteroatoms. The van der Waals surface area contributed by atoms with Crippen LogP contribution in [-0.4, -0.2) is 41.5 Å². The summed E-state index contributed by atoms with van der Waals surface area (Å²) in [7, 11) is 0. The van der Waals surface area contributed by atoms with E-state index in [9.17, 15) is 4.79 Å². The van der Waals surface area contributed by atoms with Gasteiger partial charge in [-0.2, -0.15) is 0 Å². The molecule has 1 amide bonds. The number of piperidine rings is 1. The highest BCUT2D eigenvalue weighted by atomic mass is 16.5. The molecule has 1 aromatic carbocycles. The number of carbonyl (C=O) groups is 1. The minimum atomic E-state index is -0.0938. The molecular weight excluding hydrogens is 354 g/mol. The topological polar surface area (TPSA) is 77.7 Å². The van der Waals surface area contributed by atoms with Crippen LogP contribution in [0.2, 0.25) is 0 Å². The number of carbonyl (C=O) groups excluding carboxylic acids is 1. The third-order valence-electron chi connectivity index (χ3n) is 5.21. The van der Waals surface area contributed by atoms with Crippen LogP contribution in [0.5, 0.6) is 11.5 Å². The lowest BCUT2D eigenvalue weighted by molar-refractivity contribution is 0.0532. The van der Waals surface area contributed by atoms with Gasteiger partial charge in [0.15, 0.2) is 11.5 Å². The summed E-state index contributed by atoms with van der Waals surface area (Å²) in [6.07, 6.45) is 4.30. The van der Waals surface area contributed by atoms with Gasteiger partial charge in [0.2, 0.25) is 0 Å². The summed E-state index contributed by atoms with van der Waals surface area (Å²) in [5.41, 5.74) is 7.68. The van der Waals surface area contributed by atoms with Crippen LogP contribution in [0.15, 0.2) is 42.7 Å². The zero-order valence-electron chi connectivity index (χ0n) is 16.9. The largest absolute Gasteiger partial charge is 0.490 e. The van der Waals surface area contributed by atoms with E-state index in [1.165, 1.54) is 0 Å². The van der Waals surface area contributed by atoms with Gasteiger partial charge in [0.05, 0.1) is 6.61 Å². The highest BCUT2D eigenvalue weighted by Crippen LogP contribution is 2.32. The van der Waals surface area contributed by atoms with E-state index in [2.05, 4.69) is 18.8 Å². The molecule has 2 aromatic rings. The summed E-state index contributed by atoms with van der Waals surface area (Å²) in [5, 5.41) is 0. The van der Waals surface area contributed by atoms with Crippen LogP contribution < -0.4 is 15.2 Å². The number of nitrogens with two attached hydrogens (primary N) is 1. The Morgan fingerprint density at radius 2 is 2.11 bits per heavy atom. The van der Waals surface area contributed by atoms with E-state index in [0.29, 0.717) is 43.4 Å². The minimum Gasteiger partial charge on any atom is -0.490 e. The van der Waals surface area contributed by atoms with Crippen molar-refractivity contribution >= 4 is 5.91 Å². The highest BCUT2D eigenvalue weighted by Gasteiger charge is 2.35. The maximum Gasteiger partial charge on any atom is 0.254 e. The van der Waals surface area contributed by atoms with Crippen molar-refractivity contribution in [3.63, 3.8) is 0 Å². The van der Waals surface area contributed by atoms with Crippen molar-refractivity contribution in [1.82, 2.24) is 9.88 Å². The smallest absolute Gasteiger partial charge is 0.254 e. The molecule has 150 valence electrons.